The van der Waals surface area contributed by atoms with Gasteiger partial charge in [0.05, 0.1) is 4.90 Å². The van der Waals surface area contributed by atoms with Gasteiger partial charge in [-0.2, -0.15) is 0 Å². The van der Waals surface area contributed by atoms with Gasteiger partial charge in [-0.15, -0.1) is 0 Å². The van der Waals surface area contributed by atoms with Gasteiger partial charge in [0.1, 0.15) is 11.6 Å². The molecule has 0 fully saturated rings. The minimum atomic E-state index is -0.512. The number of hydrogen-bond donors (Lipinski definition) is 1. The summed E-state index contributed by atoms with van der Waals surface area (Å²) in [5, 5.41) is 3.15. The molecule has 0 aliphatic rings. The maximum atomic E-state index is 14.1. The normalized spacial score (nSPS) is 11.1. The minimum Gasteiger partial charge on any atom is -0.310 e. The van der Waals surface area contributed by atoms with Crippen LogP contribution in [0.15, 0.2) is 46.2 Å². The number of halogens is 2. The Hall–Kier alpha value is -1.39. The average Bonchev–Trinajstić information content (AvgIpc) is 2.40. The molecule has 0 unspecified atom stereocenters. The zero-order valence-corrected chi connectivity index (χ0v) is 13.2. The summed E-state index contributed by atoms with van der Waals surface area (Å²) in [5.41, 5.74) is 1.69. The van der Waals surface area contributed by atoms with E-state index in [-0.39, 0.29) is 10.9 Å². The lowest BCUT2D eigenvalue weighted by atomic mass is 10.2. The van der Waals surface area contributed by atoms with Gasteiger partial charge in [-0.05, 0) is 36.8 Å². The zero-order valence-electron chi connectivity index (χ0n) is 12.4. The number of nitrogens with one attached hydrogen (secondary N) is 1. The van der Waals surface area contributed by atoms with Crippen LogP contribution in [-0.4, -0.2) is 6.04 Å². The Bertz CT molecular complexity index is 603. The Morgan fingerprint density at radius 1 is 1.10 bits per heavy atom. The predicted molar refractivity (Wildman–Crippen MR) is 83.6 cm³/mol. The van der Waals surface area contributed by atoms with Gasteiger partial charge >= 0.3 is 0 Å². The van der Waals surface area contributed by atoms with Crippen molar-refractivity contribution in [2.24, 2.45) is 0 Å². The molecular weight excluding hydrogens is 288 g/mol. The summed E-state index contributed by atoms with van der Waals surface area (Å²) in [7, 11) is 0. The molecular formula is C17H19F2NS. The van der Waals surface area contributed by atoms with Gasteiger partial charge in [0.25, 0.3) is 0 Å². The van der Waals surface area contributed by atoms with Crippen LogP contribution < -0.4 is 5.32 Å². The third-order valence-electron chi connectivity index (χ3n) is 2.98. The van der Waals surface area contributed by atoms with Crippen molar-refractivity contribution in [2.75, 3.05) is 0 Å². The zero-order chi connectivity index (χ0) is 15.4. The molecule has 0 saturated heterocycles. The number of rotatable bonds is 5. The van der Waals surface area contributed by atoms with E-state index in [0.717, 1.165) is 22.2 Å². The Morgan fingerprint density at radius 2 is 1.76 bits per heavy atom. The molecule has 2 aromatic rings. The first-order chi connectivity index (χ1) is 9.95. The molecule has 0 spiro atoms. The largest absolute Gasteiger partial charge is 0.310 e. The standard InChI is InChI=1S/C17H19F2NS/c1-11(2)20-10-13-8-15(18)17(16(19)9-13)21-14-6-4-5-12(3)7-14/h4-9,11,20H,10H2,1-3H3. The molecule has 112 valence electrons. The monoisotopic (exact) mass is 307 g/mol. The summed E-state index contributed by atoms with van der Waals surface area (Å²) in [6.45, 7) is 6.40. The van der Waals surface area contributed by atoms with Gasteiger partial charge in [0.15, 0.2) is 0 Å². The predicted octanol–water partition coefficient (Wildman–Crippen LogP) is 4.92. The van der Waals surface area contributed by atoms with Crippen molar-refractivity contribution in [1.82, 2.24) is 5.32 Å². The van der Waals surface area contributed by atoms with Crippen molar-refractivity contribution in [3.8, 4) is 0 Å². The van der Waals surface area contributed by atoms with Crippen molar-refractivity contribution in [1.29, 1.82) is 0 Å². The fraction of sp³-hybridized carbons (Fsp3) is 0.294. The first kappa shape index (κ1) is 16.0. The number of hydrogen-bond acceptors (Lipinski definition) is 2. The van der Waals surface area contributed by atoms with Gasteiger partial charge < -0.3 is 5.32 Å². The average molecular weight is 307 g/mol. The van der Waals surface area contributed by atoms with E-state index in [0.29, 0.717) is 12.1 Å². The molecule has 21 heavy (non-hydrogen) atoms. The van der Waals surface area contributed by atoms with E-state index in [2.05, 4.69) is 5.32 Å². The van der Waals surface area contributed by atoms with E-state index in [4.69, 9.17) is 0 Å². The molecule has 0 heterocycles. The molecule has 0 atom stereocenters. The molecule has 0 bridgehead atoms. The maximum Gasteiger partial charge on any atom is 0.140 e. The number of benzene rings is 2. The highest BCUT2D eigenvalue weighted by molar-refractivity contribution is 7.99. The van der Waals surface area contributed by atoms with E-state index in [1.807, 2.05) is 45.0 Å². The summed E-state index contributed by atoms with van der Waals surface area (Å²) >= 11 is 1.12. The fourth-order valence-corrected chi connectivity index (χ4v) is 2.87. The van der Waals surface area contributed by atoms with E-state index in [1.165, 1.54) is 12.1 Å². The first-order valence-corrected chi connectivity index (χ1v) is 7.73. The van der Waals surface area contributed by atoms with Gasteiger partial charge in [-0.1, -0.05) is 43.3 Å². The second-order valence-electron chi connectivity index (χ2n) is 5.34. The molecule has 1 N–H and O–H groups in total. The lowest BCUT2D eigenvalue weighted by Crippen LogP contribution is -2.22. The minimum absolute atomic E-state index is 0.0499. The smallest absolute Gasteiger partial charge is 0.140 e. The molecule has 0 radical (unpaired) electrons. The van der Waals surface area contributed by atoms with Crippen LogP contribution in [-0.2, 0) is 6.54 Å². The van der Waals surface area contributed by atoms with Crippen LogP contribution in [0.1, 0.15) is 25.0 Å². The van der Waals surface area contributed by atoms with E-state index < -0.39 is 11.6 Å². The lowest BCUT2D eigenvalue weighted by molar-refractivity contribution is 0.529. The summed E-state index contributed by atoms with van der Waals surface area (Å²) < 4.78 is 28.3. The lowest BCUT2D eigenvalue weighted by Gasteiger charge is -2.11. The SMILES string of the molecule is Cc1cccc(Sc2c(F)cc(CNC(C)C)cc2F)c1. The van der Waals surface area contributed by atoms with Crippen LogP contribution in [0.4, 0.5) is 8.78 Å². The van der Waals surface area contributed by atoms with E-state index >= 15 is 0 Å². The van der Waals surface area contributed by atoms with Crippen molar-refractivity contribution < 1.29 is 8.78 Å². The third kappa shape index (κ3) is 4.55. The highest BCUT2D eigenvalue weighted by Gasteiger charge is 2.13. The second-order valence-corrected chi connectivity index (χ2v) is 6.43. The topological polar surface area (TPSA) is 12.0 Å². The van der Waals surface area contributed by atoms with Crippen molar-refractivity contribution in [3.05, 3.63) is 59.2 Å². The van der Waals surface area contributed by atoms with Gasteiger partial charge in [-0.3, -0.25) is 0 Å². The Labute approximate surface area is 128 Å². The molecule has 0 aliphatic carbocycles. The van der Waals surface area contributed by atoms with Crippen LogP contribution in [0.5, 0.6) is 0 Å². The van der Waals surface area contributed by atoms with Crippen LogP contribution in [0.25, 0.3) is 0 Å². The summed E-state index contributed by atoms with van der Waals surface area (Å²) in [5.74, 6) is -1.02. The Kier molecular flexibility index (Phi) is 5.37. The third-order valence-corrected chi connectivity index (χ3v) is 4.07. The Morgan fingerprint density at radius 3 is 2.33 bits per heavy atom. The summed E-state index contributed by atoms with van der Waals surface area (Å²) in [6, 6.07) is 10.7. The van der Waals surface area contributed by atoms with Crippen LogP contribution in [0, 0.1) is 18.6 Å². The van der Waals surface area contributed by atoms with Gasteiger partial charge in [0.2, 0.25) is 0 Å². The van der Waals surface area contributed by atoms with Crippen molar-refractivity contribution in [2.45, 2.75) is 43.1 Å². The number of aryl methyl sites for hydroxylation is 1. The molecule has 4 heteroatoms. The van der Waals surface area contributed by atoms with E-state index in [9.17, 15) is 8.78 Å². The summed E-state index contributed by atoms with van der Waals surface area (Å²) in [6.07, 6.45) is 0. The van der Waals surface area contributed by atoms with Gasteiger partial charge in [0, 0.05) is 17.5 Å². The second kappa shape index (κ2) is 7.05. The highest BCUT2D eigenvalue weighted by atomic mass is 32.2. The van der Waals surface area contributed by atoms with E-state index in [1.54, 1.807) is 0 Å². The molecule has 0 amide bonds. The van der Waals surface area contributed by atoms with Crippen molar-refractivity contribution in [3.63, 3.8) is 0 Å². The Balaban J connectivity index is 2.21. The molecule has 2 aromatic carbocycles. The molecule has 1 nitrogen and oxygen atoms in total. The summed E-state index contributed by atoms with van der Waals surface area (Å²) in [4.78, 5) is 0.884. The van der Waals surface area contributed by atoms with Crippen molar-refractivity contribution >= 4 is 11.8 Å². The quantitative estimate of drug-likeness (QED) is 0.841. The van der Waals surface area contributed by atoms with Crippen LogP contribution in [0.3, 0.4) is 0 Å². The van der Waals surface area contributed by atoms with Gasteiger partial charge in [-0.25, -0.2) is 8.78 Å². The highest BCUT2D eigenvalue weighted by Crippen LogP contribution is 2.33. The maximum absolute atomic E-state index is 14.1. The van der Waals surface area contributed by atoms with Crippen LogP contribution in [0.2, 0.25) is 0 Å². The first-order valence-electron chi connectivity index (χ1n) is 6.91. The molecule has 0 aliphatic heterocycles. The van der Waals surface area contributed by atoms with Crippen LogP contribution >= 0.6 is 11.8 Å². The molecule has 0 aromatic heterocycles. The molecule has 0 saturated carbocycles. The molecule has 2 rings (SSSR count). The fourth-order valence-electron chi connectivity index (χ4n) is 1.93.